The second-order valence-electron chi connectivity index (χ2n) is 4.95. The molecule has 5 nitrogen and oxygen atoms in total. The molecule has 16 heavy (non-hydrogen) atoms. The summed E-state index contributed by atoms with van der Waals surface area (Å²) in [6.07, 6.45) is 1.66. The van der Waals surface area contributed by atoms with E-state index in [0.717, 1.165) is 12.8 Å². The predicted octanol–water partition coefficient (Wildman–Crippen LogP) is -0.0976. The van der Waals surface area contributed by atoms with Crippen LogP contribution in [0.2, 0.25) is 0 Å². The Labute approximate surface area is 95.1 Å². The molecule has 2 heterocycles. The third-order valence-corrected chi connectivity index (χ3v) is 3.19. The fourth-order valence-corrected chi connectivity index (χ4v) is 2.32. The van der Waals surface area contributed by atoms with Gasteiger partial charge in [-0.2, -0.15) is 0 Å². The minimum absolute atomic E-state index is 0.0130. The van der Waals surface area contributed by atoms with Gasteiger partial charge in [0, 0.05) is 19.3 Å². The van der Waals surface area contributed by atoms with Gasteiger partial charge in [-0.3, -0.25) is 9.59 Å². The Morgan fingerprint density at radius 2 is 1.94 bits per heavy atom. The highest BCUT2D eigenvalue weighted by atomic mass is 16.5. The highest BCUT2D eigenvalue weighted by molar-refractivity contribution is 5.97. The Morgan fingerprint density at radius 3 is 2.56 bits per heavy atom. The first-order chi connectivity index (χ1) is 7.50. The van der Waals surface area contributed by atoms with Gasteiger partial charge in [0.1, 0.15) is 5.54 Å². The second-order valence-corrected chi connectivity index (χ2v) is 4.95. The topological polar surface area (TPSA) is 58.6 Å². The molecule has 0 aromatic carbocycles. The number of nitrogens with one attached hydrogen (secondary N) is 1. The zero-order valence-electron chi connectivity index (χ0n) is 9.78. The first kappa shape index (κ1) is 11.4. The Hall–Kier alpha value is -1.10. The van der Waals surface area contributed by atoms with Gasteiger partial charge in [-0.15, -0.1) is 0 Å². The zero-order valence-corrected chi connectivity index (χ0v) is 9.78. The molecule has 0 radical (unpaired) electrons. The SMILES string of the molecule is CC1(C)NC(=O)CN(C2CCOCC2)C1=O. The minimum Gasteiger partial charge on any atom is -0.381 e. The molecule has 2 amide bonds. The molecular weight excluding hydrogens is 208 g/mol. The lowest BCUT2D eigenvalue weighted by Gasteiger charge is -2.42. The molecule has 2 aliphatic heterocycles. The van der Waals surface area contributed by atoms with Crippen molar-refractivity contribution in [2.24, 2.45) is 0 Å². The van der Waals surface area contributed by atoms with Crippen LogP contribution in [0, 0.1) is 0 Å². The Morgan fingerprint density at radius 1 is 1.31 bits per heavy atom. The van der Waals surface area contributed by atoms with Gasteiger partial charge in [-0.25, -0.2) is 0 Å². The number of hydrogen-bond acceptors (Lipinski definition) is 3. The van der Waals surface area contributed by atoms with Crippen LogP contribution >= 0.6 is 0 Å². The number of piperazine rings is 1. The maximum Gasteiger partial charge on any atom is 0.248 e. The van der Waals surface area contributed by atoms with E-state index in [4.69, 9.17) is 4.74 Å². The average Bonchev–Trinajstić information content (AvgIpc) is 2.24. The summed E-state index contributed by atoms with van der Waals surface area (Å²) in [7, 11) is 0. The molecule has 0 spiro atoms. The van der Waals surface area contributed by atoms with E-state index in [9.17, 15) is 9.59 Å². The fraction of sp³-hybridized carbons (Fsp3) is 0.818. The Kier molecular flexibility index (Phi) is 2.88. The van der Waals surface area contributed by atoms with Crippen molar-refractivity contribution in [3.8, 4) is 0 Å². The molecule has 90 valence electrons. The number of nitrogens with zero attached hydrogens (tertiary/aromatic N) is 1. The maximum atomic E-state index is 12.2. The highest BCUT2D eigenvalue weighted by Gasteiger charge is 2.41. The van der Waals surface area contributed by atoms with Gasteiger partial charge in [0.2, 0.25) is 11.8 Å². The highest BCUT2D eigenvalue weighted by Crippen LogP contribution is 2.21. The van der Waals surface area contributed by atoms with E-state index in [0.29, 0.717) is 13.2 Å². The van der Waals surface area contributed by atoms with Crippen LogP contribution in [0.4, 0.5) is 0 Å². The van der Waals surface area contributed by atoms with Crippen LogP contribution in [0.5, 0.6) is 0 Å². The summed E-state index contributed by atoms with van der Waals surface area (Å²) in [5.74, 6) is -0.0601. The molecule has 0 bridgehead atoms. The van der Waals surface area contributed by atoms with Crippen molar-refractivity contribution in [1.29, 1.82) is 0 Å². The summed E-state index contributed by atoms with van der Waals surface area (Å²) in [5.41, 5.74) is -0.770. The summed E-state index contributed by atoms with van der Waals surface area (Å²) < 4.78 is 5.27. The van der Waals surface area contributed by atoms with E-state index in [1.54, 1.807) is 18.7 Å². The molecule has 0 unspecified atom stereocenters. The van der Waals surface area contributed by atoms with Crippen LogP contribution < -0.4 is 5.32 Å². The fourth-order valence-electron chi connectivity index (χ4n) is 2.32. The van der Waals surface area contributed by atoms with E-state index < -0.39 is 5.54 Å². The van der Waals surface area contributed by atoms with E-state index in [1.807, 2.05) is 0 Å². The molecule has 0 aromatic rings. The van der Waals surface area contributed by atoms with Crippen molar-refractivity contribution >= 4 is 11.8 Å². The summed E-state index contributed by atoms with van der Waals surface area (Å²) in [6.45, 7) is 5.04. The molecule has 0 atom stereocenters. The van der Waals surface area contributed by atoms with Crippen LogP contribution in [0.25, 0.3) is 0 Å². The number of carbonyl (C=O) groups is 2. The quantitative estimate of drug-likeness (QED) is 0.679. The standard InChI is InChI=1S/C11H18N2O3/c1-11(2)10(15)13(7-9(14)12-11)8-3-5-16-6-4-8/h8H,3-7H2,1-2H3,(H,12,14). The van der Waals surface area contributed by atoms with E-state index in [2.05, 4.69) is 5.32 Å². The normalized spacial score (nSPS) is 26.8. The van der Waals surface area contributed by atoms with Crippen molar-refractivity contribution < 1.29 is 14.3 Å². The molecule has 2 rings (SSSR count). The average molecular weight is 226 g/mol. The van der Waals surface area contributed by atoms with Crippen LogP contribution in [-0.2, 0) is 14.3 Å². The largest absolute Gasteiger partial charge is 0.381 e. The molecule has 0 aromatic heterocycles. The van der Waals surface area contributed by atoms with Gasteiger partial charge < -0.3 is 15.0 Å². The molecule has 1 N–H and O–H groups in total. The van der Waals surface area contributed by atoms with Crippen LogP contribution in [0.1, 0.15) is 26.7 Å². The third kappa shape index (κ3) is 2.04. The lowest BCUT2D eigenvalue weighted by Crippen LogP contribution is -2.66. The van der Waals surface area contributed by atoms with Crippen molar-refractivity contribution in [3.63, 3.8) is 0 Å². The van der Waals surface area contributed by atoms with Gasteiger partial charge >= 0.3 is 0 Å². The third-order valence-electron chi connectivity index (χ3n) is 3.19. The monoisotopic (exact) mass is 226 g/mol. The smallest absolute Gasteiger partial charge is 0.248 e. The van der Waals surface area contributed by atoms with Gasteiger partial charge in [0.15, 0.2) is 0 Å². The van der Waals surface area contributed by atoms with Gasteiger partial charge in [0.25, 0.3) is 0 Å². The number of carbonyl (C=O) groups excluding carboxylic acids is 2. The van der Waals surface area contributed by atoms with E-state index in [1.165, 1.54) is 0 Å². The molecular formula is C11H18N2O3. The molecule has 0 saturated carbocycles. The number of hydrogen-bond donors (Lipinski definition) is 1. The molecule has 0 aliphatic carbocycles. The Balaban J connectivity index is 2.12. The van der Waals surface area contributed by atoms with Crippen molar-refractivity contribution in [1.82, 2.24) is 10.2 Å². The summed E-state index contributed by atoms with van der Waals surface area (Å²) >= 11 is 0. The summed E-state index contributed by atoms with van der Waals surface area (Å²) in [4.78, 5) is 25.4. The van der Waals surface area contributed by atoms with Gasteiger partial charge in [-0.1, -0.05) is 0 Å². The van der Waals surface area contributed by atoms with Crippen LogP contribution in [0.15, 0.2) is 0 Å². The summed E-state index contributed by atoms with van der Waals surface area (Å²) in [6, 6.07) is 0.159. The first-order valence-corrected chi connectivity index (χ1v) is 5.70. The molecule has 2 aliphatic rings. The lowest BCUT2D eigenvalue weighted by molar-refractivity contribution is -0.152. The van der Waals surface area contributed by atoms with Crippen LogP contribution in [0.3, 0.4) is 0 Å². The summed E-state index contributed by atoms with van der Waals surface area (Å²) in [5, 5.41) is 2.71. The maximum absolute atomic E-state index is 12.2. The molecule has 5 heteroatoms. The number of amides is 2. The second kappa shape index (κ2) is 4.05. The number of rotatable bonds is 1. The Bertz CT molecular complexity index is 308. The van der Waals surface area contributed by atoms with Gasteiger partial charge in [-0.05, 0) is 26.7 Å². The van der Waals surface area contributed by atoms with E-state index in [-0.39, 0.29) is 24.4 Å². The van der Waals surface area contributed by atoms with Crippen molar-refractivity contribution in [2.45, 2.75) is 38.3 Å². The minimum atomic E-state index is -0.770. The van der Waals surface area contributed by atoms with Crippen molar-refractivity contribution in [2.75, 3.05) is 19.8 Å². The van der Waals surface area contributed by atoms with Crippen molar-refractivity contribution in [3.05, 3.63) is 0 Å². The molecule has 2 saturated heterocycles. The van der Waals surface area contributed by atoms with E-state index >= 15 is 0 Å². The number of ether oxygens (including phenoxy) is 1. The predicted molar refractivity (Wildman–Crippen MR) is 57.8 cm³/mol. The van der Waals surface area contributed by atoms with Gasteiger partial charge in [0.05, 0.1) is 6.54 Å². The molecule has 2 fully saturated rings. The first-order valence-electron chi connectivity index (χ1n) is 5.70. The van der Waals surface area contributed by atoms with Crippen LogP contribution in [-0.4, -0.2) is 48.1 Å². The lowest BCUT2D eigenvalue weighted by atomic mass is 9.96. The zero-order chi connectivity index (χ0) is 11.8.